The van der Waals surface area contributed by atoms with Crippen LogP contribution in [-0.4, -0.2) is 24.5 Å². The molecule has 2 rings (SSSR count). The predicted octanol–water partition coefficient (Wildman–Crippen LogP) is 1.99. The van der Waals surface area contributed by atoms with Gasteiger partial charge in [-0.15, -0.1) is 0 Å². The highest BCUT2D eigenvalue weighted by Crippen LogP contribution is 2.16. The lowest BCUT2D eigenvalue weighted by Gasteiger charge is -2.04. The highest BCUT2D eigenvalue weighted by Gasteiger charge is 2.06. The molecular weight excluding hydrogens is 202 g/mol. The number of pyridine rings is 1. The van der Waals surface area contributed by atoms with Crippen molar-refractivity contribution in [3.05, 3.63) is 42.1 Å². The molecule has 0 N–H and O–H groups in total. The third-order valence-electron chi connectivity index (χ3n) is 2.43. The maximum Gasteiger partial charge on any atom is 0.162 e. The van der Waals surface area contributed by atoms with Crippen LogP contribution in [0.5, 0.6) is 0 Å². The third kappa shape index (κ3) is 2.25. The van der Waals surface area contributed by atoms with Crippen LogP contribution in [0.3, 0.4) is 0 Å². The van der Waals surface area contributed by atoms with E-state index in [-0.39, 0.29) is 12.4 Å². The minimum Gasteiger partial charge on any atom is -0.377 e. The summed E-state index contributed by atoms with van der Waals surface area (Å²) in [6.45, 7) is 0.163. The normalized spacial score (nSPS) is 10.6. The number of fused-ring (bicyclic) bond motifs is 1. The van der Waals surface area contributed by atoms with Gasteiger partial charge < -0.3 is 4.74 Å². The first-order valence-corrected chi connectivity index (χ1v) is 5.14. The van der Waals surface area contributed by atoms with Gasteiger partial charge in [0.1, 0.15) is 6.61 Å². The molecule has 0 fully saturated rings. The molecule has 2 aromatic rings. The van der Waals surface area contributed by atoms with Crippen LogP contribution in [0, 0.1) is 0 Å². The average Bonchev–Trinajstić information content (AvgIpc) is 2.30. The SMILES string of the molecule is COCC(=O)Cc1ccnc2ccccc12. The molecule has 0 unspecified atom stereocenters. The van der Waals surface area contributed by atoms with E-state index in [9.17, 15) is 4.79 Å². The van der Waals surface area contributed by atoms with Gasteiger partial charge >= 0.3 is 0 Å². The van der Waals surface area contributed by atoms with Crippen LogP contribution in [-0.2, 0) is 16.0 Å². The zero-order chi connectivity index (χ0) is 11.4. The number of Topliss-reactive ketones (excluding diaryl/α,β-unsaturated/α-hetero) is 1. The lowest BCUT2D eigenvalue weighted by Crippen LogP contribution is -2.10. The fraction of sp³-hybridized carbons (Fsp3) is 0.231. The molecule has 0 aliphatic heterocycles. The highest BCUT2D eigenvalue weighted by atomic mass is 16.5. The maximum absolute atomic E-state index is 11.5. The lowest BCUT2D eigenvalue weighted by molar-refractivity contribution is -0.121. The topological polar surface area (TPSA) is 39.2 Å². The number of carbonyl (C=O) groups is 1. The van der Waals surface area contributed by atoms with Crippen LogP contribution in [0.25, 0.3) is 10.9 Å². The van der Waals surface area contributed by atoms with Crippen LogP contribution >= 0.6 is 0 Å². The van der Waals surface area contributed by atoms with Crippen molar-refractivity contribution in [3.63, 3.8) is 0 Å². The molecule has 16 heavy (non-hydrogen) atoms. The first-order chi connectivity index (χ1) is 7.81. The Labute approximate surface area is 94.1 Å². The molecule has 1 aromatic carbocycles. The summed E-state index contributed by atoms with van der Waals surface area (Å²) in [6.07, 6.45) is 2.13. The number of hydrogen-bond donors (Lipinski definition) is 0. The van der Waals surface area contributed by atoms with Crippen molar-refractivity contribution < 1.29 is 9.53 Å². The van der Waals surface area contributed by atoms with Gasteiger partial charge in [0.05, 0.1) is 5.52 Å². The number of para-hydroxylation sites is 1. The predicted molar refractivity (Wildman–Crippen MR) is 62.3 cm³/mol. The van der Waals surface area contributed by atoms with Gasteiger partial charge in [-0.3, -0.25) is 9.78 Å². The van der Waals surface area contributed by atoms with E-state index in [1.54, 1.807) is 6.20 Å². The molecule has 82 valence electrons. The van der Waals surface area contributed by atoms with Gasteiger partial charge in [-0.05, 0) is 17.7 Å². The van der Waals surface area contributed by atoms with Crippen molar-refractivity contribution in [3.8, 4) is 0 Å². The summed E-state index contributed by atoms with van der Waals surface area (Å²) in [5.74, 6) is 0.0823. The maximum atomic E-state index is 11.5. The standard InChI is InChI=1S/C13H13NO2/c1-16-9-11(15)8-10-6-7-14-13-5-3-2-4-12(10)13/h2-7H,8-9H2,1H3. The van der Waals surface area contributed by atoms with E-state index in [1.807, 2.05) is 30.3 Å². The molecule has 0 radical (unpaired) electrons. The summed E-state index contributed by atoms with van der Waals surface area (Å²) in [7, 11) is 1.53. The van der Waals surface area contributed by atoms with Gasteiger partial charge in [0.2, 0.25) is 0 Å². The zero-order valence-corrected chi connectivity index (χ0v) is 9.14. The first kappa shape index (κ1) is 10.8. The molecule has 3 heteroatoms. The van der Waals surface area contributed by atoms with Crippen molar-refractivity contribution in [2.45, 2.75) is 6.42 Å². The van der Waals surface area contributed by atoms with Crippen LogP contribution in [0.15, 0.2) is 36.5 Å². The number of carbonyl (C=O) groups excluding carboxylic acids is 1. The Kier molecular flexibility index (Phi) is 3.27. The van der Waals surface area contributed by atoms with Crippen molar-refractivity contribution in [2.24, 2.45) is 0 Å². The summed E-state index contributed by atoms with van der Waals surface area (Å²) in [6, 6.07) is 9.71. The van der Waals surface area contributed by atoms with Gasteiger partial charge in [-0.1, -0.05) is 18.2 Å². The minimum atomic E-state index is 0.0823. The largest absolute Gasteiger partial charge is 0.377 e. The number of methoxy groups -OCH3 is 1. The molecule has 0 aliphatic rings. The third-order valence-corrected chi connectivity index (χ3v) is 2.43. The van der Waals surface area contributed by atoms with E-state index in [4.69, 9.17) is 4.74 Å². The number of benzene rings is 1. The number of hydrogen-bond acceptors (Lipinski definition) is 3. The number of ether oxygens (including phenoxy) is 1. The van der Waals surface area contributed by atoms with Gasteiger partial charge in [-0.25, -0.2) is 0 Å². The second kappa shape index (κ2) is 4.86. The van der Waals surface area contributed by atoms with Crippen molar-refractivity contribution >= 4 is 16.7 Å². The van der Waals surface area contributed by atoms with Gasteiger partial charge in [-0.2, -0.15) is 0 Å². The van der Waals surface area contributed by atoms with Crippen molar-refractivity contribution in [2.75, 3.05) is 13.7 Å². The smallest absolute Gasteiger partial charge is 0.162 e. The molecule has 0 amide bonds. The Morgan fingerprint density at radius 3 is 2.94 bits per heavy atom. The van der Waals surface area contributed by atoms with Crippen molar-refractivity contribution in [1.29, 1.82) is 0 Å². The molecule has 0 bridgehead atoms. The Bertz CT molecular complexity index is 503. The van der Waals surface area contributed by atoms with Crippen LogP contribution < -0.4 is 0 Å². The average molecular weight is 215 g/mol. The summed E-state index contributed by atoms with van der Waals surface area (Å²) >= 11 is 0. The molecule has 1 heterocycles. The molecular formula is C13H13NO2. The highest BCUT2D eigenvalue weighted by molar-refractivity contribution is 5.89. The molecule has 1 aromatic heterocycles. The molecule has 0 saturated heterocycles. The fourth-order valence-electron chi connectivity index (χ4n) is 1.73. The Morgan fingerprint density at radius 1 is 1.31 bits per heavy atom. The monoisotopic (exact) mass is 215 g/mol. The summed E-state index contributed by atoms with van der Waals surface area (Å²) in [5.41, 5.74) is 1.93. The van der Waals surface area contributed by atoms with E-state index in [0.717, 1.165) is 16.5 Å². The van der Waals surface area contributed by atoms with Crippen LogP contribution in [0.4, 0.5) is 0 Å². The lowest BCUT2D eigenvalue weighted by atomic mass is 10.0. The Morgan fingerprint density at radius 2 is 2.12 bits per heavy atom. The zero-order valence-electron chi connectivity index (χ0n) is 9.14. The quantitative estimate of drug-likeness (QED) is 0.783. The molecule has 3 nitrogen and oxygen atoms in total. The number of nitrogens with zero attached hydrogens (tertiary/aromatic N) is 1. The molecule has 0 saturated carbocycles. The van der Waals surface area contributed by atoms with Crippen molar-refractivity contribution in [1.82, 2.24) is 4.98 Å². The molecule has 0 atom stereocenters. The number of ketones is 1. The number of rotatable bonds is 4. The van der Waals surface area contributed by atoms with E-state index in [2.05, 4.69) is 4.98 Å². The molecule has 0 spiro atoms. The number of aromatic nitrogens is 1. The van der Waals surface area contributed by atoms with E-state index in [1.165, 1.54) is 7.11 Å². The summed E-state index contributed by atoms with van der Waals surface area (Å²) in [5, 5.41) is 1.04. The fourth-order valence-corrected chi connectivity index (χ4v) is 1.73. The summed E-state index contributed by atoms with van der Waals surface area (Å²) < 4.78 is 4.82. The second-order valence-corrected chi connectivity index (χ2v) is 3.64. The van der Waals surface area contributed by atoms with Gasteiger partial charge in [0.15, 0.2) is 5.78 Å². The van der Waals surface area contributed by atoms with E-state index >= 15 is 0 Å². The minimum absolute atomic E-state index is 0.0823. The Balaban J connectivity index is 2.33. The summed E-state index contributed by atoms with van der Waals surface area (Å²) in [4.78, 5) is 15.8. The van der Waals surface area contributed by atoms with Gasteiger partial charge in [0.25, 0.3) is 0 Å². The molecule has 0 aliphatic carbocycles. The van der Waals surface area contributed by atoms with E-state index in [0.29, 0.717) is 6.42 Å². The van der Waals surface area contributed by atoms with Crippen LogP contribution in [0.2, 0.25) is 0 Å². The van der Waals surface area contributed by atoms with E-state index < -0.39 is 0 Å². The Hall–Kier alpha value is -1.74. The second-order valence-electron chi connectivity index (χ2n) is 3.64. The van der Waals surface area contributed by atoms with Crippen LogP contribution in [0.1, 0.15) is 5.56 Å². The van der Waals surface area contributed by atoms with Gasteiger partial charge in [0, 0.05) is 25.1 Å². The first-order valence-electron chi connectivity index (χ1n) is 5.14.